The fraction of sp³-hybridized carbons (Fsp3) is 0.357. The predicted octanol–water partition coefficient (Wildman–Crippen LogP) is 4.03. The molecule has 0 saturated carbocycles. The normalized spacial score (nSPS) is 21.1. The number of carbonyl (C=O) groups excluding carboxylic acids is 1. The molecule has 200 valence electrons. The minimum Gasteiger partial charge on any atom is -0.481 e. The molecule has 1 saturated heterocycles. The first-order valence-corrected chi connectivity index (χ1v) is 13.4. The number of nitrogens with one attached hydrogen (secondary N) is 1. The lowest BCUT2D eigenvalue weighted by molar-refractivity contribution is -0.268. The molecule has 1 amide bonds. The molecule has 2 heterocycles. The van der Waals surface area contributed by atoms with Gasteiger partial charge in [0.05, 0.1) is 25.2 Å². The highest BCUT2D eigenvalue weighted by Gasteiger charge is 2.38. The Balaban J connectivity index is 1.47. The number of benzene rings is 2. The highest BCUT2D eigenvalue weighted by atomic mass is 32.2. The number of carboxylic acids is 1. The fourth-order valence-electron chi connectivity index (χ4n) is 4.13. The van der Waals surface area contributed by atoms with Gasteiger partial charge in [0.2, 0.25) is 5.91 Å². The number of ether oxygens (including phenoxy) is 2. The molecule has 4 atom stereocenters. The van der Waals surface area contributed by atoms with Crippen LogP contribution in [0.4, 0.5) is 0 Å². The van der Waals surface area contributed by atoms with Gasteiger partial charge in [-0.1, -0.05) is 67.2 Å². The summed E-state index contributed by atoms with van der Waals surface area (Å²) in [7, 11) is 0. The number of amides is 1. The van der Waals surface area contributed by atoms with Crippen LogP contribution in [-0.2, 0) is 32.2 Å². The minimum absolute atomic E-state index is 0.0181. The number of thioether (sulfide) groups is 1. The van der Waals surface area contributed by atoms with Gasteiger partial charge in [-0.25, -0.2) is 9.97 Å². The summed E-state index contributed by atoms with van der Waals surface area (Å²) in [5.74, 6) is -0.608. The van der Waals surface area contributed by atoms with Crippen LogP contribution in [0, 0.1) is 5.92 Å². The van der Waals surface area contributed by atoms with Gasteiger partial charge in [-0.2, -0.15) is 0 Å². The van der Waals surface area contributed by atoms with Gasteiger partial charge in [0, 0.05) is 42.6 Å². The molecule has 1 fully saturated rings. The van der Waals surface area contributed by atoms with Crippen molar-refractivity contribution < 1.29 is 29.3 Å². The van der Waals surface area contributed by atoms with Crippen LogP contribution in [0.3, 0.4) is 0 Å². The van der Waals surface area contributed by atoms with Crippen molar-refractivity contribution in [2.75, 3.05) is 5.75 Å². The van der Waals surface area contributed by atoms with E-state index in [-0.39, 0.29) is 43.5 Å². The monoisotopic (exact) mass is 537 g/mol. The van der Waals surface area contributed by atoms with E-state index < -0.39 is 12.3 Å². The van der Waals surface area contributed by atoms with Gasteiger partial charge in [-0.05, 0) is 22.8 Å². The summed E-state index contributed by atoms with van der Waals surface area (Å²) in [6.45, 7) is 2.39. The second kappa shape index (κ2) is 13.5. The lowest BCUT2D eigenvalue weighted by atomic mass is 9.91. The van der Waals surface area contributed by atoms with Crippen LogP contribution < -0.4 is 5.32 Å². The quantitative estimate of drug-likeness (QED) is 0.245. The maximum Gasteiger partial charge on any atom is 0.303 e. The van der Waals surface area contributed by atoms with E-state index in [0.29, 0.717) is 17.5 Å². The van der Waals surface area contributed by atoms with E-state index >= 15 is 0 Å². The van der Waals surface area contributed by atoms with E-state index in [9.17, 15) is 14.7 Å². The number of carboxylic acid groups (broad SMARTS) is 1. The van der Waals surface area contributed by atoms with Gasteiger partial charge in [-0.15, -0.1) is 0 Å². The third kappa shape index (κ3) is 7.61. The predicted molar refractivity (Wildman–Crippen MR) is 141 cm³/mol. The first kappa shape index (κ1) is 27.7. The Morgan fingerprint density at radius 1 is 0.947 bits per heavy atom. The van der Waals surface area contributed by atoms with Gasteiger partial charge in [-0.3, -0.25) is 9.59 Å². The van der Waals surface area contributed by atoms with Crippen molar-refractivity contribution in [2.24, 2.45) is 5.92 Å². The zero-order valence-corrected chi connectivity index (χ0v) is 21.8. The number of aliphatic hydroxyl groups excluding tert-OH is 1. The first-order valence-electron chi connectivity index (χ1n) is 12.4. The average molecular weight is 538 g/mol. The van der Waals surface area contributed by atoms with Crippen molar-refractivity contribution in [3.05, 3.63) is 89.2 Å². The van der Waals surface area contributed by atoms with E-state index in [0.717, 1.165) is 22.3 Å². The Morgan fingerprint density at radius 2 is 1.61 bits per heavy atom. The number of aromatic nitrogens is 2. The molecule has 1 aromatic heterocycles. The van der Waals surface area contributed by atoms with Gasteiger partial charge >= 0.3 is 5.97 Å². The number of hydrogen-bond acceptors (Lipinski definition) is 8. The molecule has 0 spiro atoms. The third-order valence-electron chi connectivity index (χ3n) is 6.35. The average Bonchev–Trinajstić information content (AvgIpc) is 2.95. The summed E-state index contributed by atoms with van der Waals surface area (Å²) in [5.41, 5.74) is 3.57. The standard InChI is InChI=1S/C28H31N3O6S/c1-18-23(17-38-28-29-13-2-14-30-28)36-27(37-26(18)21-7-5-20(16-32)6-8-21)22-9-3-19(4-10-22)15-31-24(33)11-12-25(34)35/h2-10,13-14,18,23,26-27,32H,11-12,15-17H2,1H3,(H,31,33)(H,34,35)/t18-,23+,26+,27+/m0/s1. The Morgan fingerprint density at radius 3 is 2.26 bits per heavy atom. The SMILES string of the molecule is C[C@H]1[C@@H](CSc2ncccn2)O[C@@H](c2ccc(CNC(=O)CCC(=O)O)cc2)O[C@H]1c1ccc(CO)cc1. The molecule has 1 aliphatic rings. The summed E-state index contributed by atoms with van der Waals surface area (Å²) >= 11 is 1.54. The number of nitrogens with zero attached hydrogens (tertiary/aromatic N) is 2. The molecule has 10 heteroatoms. The third-order valence-corrected chi connectivity index (χ3v) is 7.31. The topological polar surface area (TPSA) is 131 Å². The molecule has 0 bridgehead atoms. The molecular weight excluding hydrogens is 506 g/mol. The van der Waals surface area contributed by atoms with Crippen LogP contribution in [0.5, 0.6) is 0 Å². The van der Waals surface area contributed by atoms with Crippen molar-refractivity contribution in [3.8, 4) is 0 Å². The molecule has 1 aliphatic heterocycles. The summed E-state index contributed by atoms with van der Waals surface area (Å²) in [6.07, 6.45) is 2.22. The van der Waals surface area contributed by atoms with E-state index in [4.69, 9.17) is 14.6 Å². The molecule has 0 aliphatic carbocycles. The van der Waals surface area contributed by atoms with Crippen LogP contribution in [0.2, 0.25) is 0 Å². The number of rotatable bonds is 11. The van der Waals surface area contributed by atoms with Crippen LogP contribution in [0.1, 0.15) is 54.4 Å². The second-order valence-electron chi connectivity index (χ2n) is 9.08. The summed E-state index contributed by atoms with van der Waals surface area (Å²) in [4.78, 5) is 31.1. The lowest BCUT2D eigenvalue weighted by Gasteiger charge is -2.41. The number of aliphatic hydroxyl groups is 1. The zero-order chi connectivity index (χ0) is 26.9. The van der Waals surface area contributed by atoms with Crippen molar-refractivity contribution in [3.63, 3.8) is 0 Å². The molecule has 0 unspecified atom stereocenters. The highest BCUT2D eigenvalue weighted by Crippen LogP contribution is 2.42. The van der Waals surface area contributed by atoms with Gasteiger partial charge < -0.3 is 25.0 Å². The second-order valence-corrected chi connectivity index (χ2v) is 10.1. The molecule has 4 rings (SSSR count). The van der Waals surface area contributed by atoms with Crippen LogP contribution in [0.25, 0.3) is 0 Å². The Kier molecular flexibility index (Phi) is 9.83. The molecule has 2 aromatic carbocycles. The van der Waals surface area contributed by atoms with Gasteiger partial charge in [0.25, 0.3) is 0 Å². The molecule has 3 N–H and O–H groups in total. The molecular formula is C28H31N3O6S. The minimum atomic E-state index is -0.998. The van der Waals surface area contributed by atoms with Crippen LogP contribution in [-0.4, -0.2) is 43.9 Å². The maximum absolute atomic E-state index is 11.8. The highest BCUT2D eigenvalue weighted by molar-refractivity contribution is 7.99. The number of carbonyl (C=O) groups is 2. The maximum atomic E-state index is 11.8. The largest absolute Gasteiger partial charge is 0.481 e. The molecule has 38 heavy (non-hydrogen) atoms. The van der Waals surface area contributed by atoms with Crippen molar-refractivity contribution >= 4 is 23.6 Å². The van der Waals surface area contributed by atoms with Crippen molar-refractivity contribution in [1.82, 2.24) is 15.3 Å². The van der Waals surface area contributed by atoms with Gasteiger partial charge in [0.1, 0.15) is 0 Å². The summed E-state index contributed by atoms with van der Waals surface area (Å²) < 4.78 is 12.9. The lowest BCUT2D eigenvalue weighted by Crippen LogP contribution is -2.38. The summed E-state index contributed by atoms with van der Waals surface area (Å²) in [5, 5.41) is 21.6. The molecule has 0 radical (unpaired) electrons. The van der Waals surface area contributed by atoms with Crippen LogP contribution in [0.15, 0.2) is 72.1 Å². The Hall–Kier alpha value is -3.31. The van der Waals surface area contributed by atoms with Gasteiger partial charge in [0.15, 0.2) is 11.4 Å². The molecule has 9 nitrogen and oxygen atoms in total. The van der Waals surface area contributed by atoms with Crippen molar-refractivity contribution in [2.45, 2.75) is 56.6 Å². The van der Waals surface area contributed by atoms with E-state index in [1.165, 1.54) is 11.8 Å². The molecule has 3 aromatic rings. The van der Waals surface area contributed by atoms with E-state index in [2.05, 4.69) is 22.2 Å². The Bertz CT molecular complexity index is 1190. The Labute approximate surface area is 225 Å². The van der Waals surface area contributed by atoms with E-state index in [1.807, 2.05) is 48.5 Å². The van der Waals surface area contributed by atoms with E-state index in [1.54, 1.807) is 18.5 Å². The van der Waals surface area contributed by atoms with Crippen LogP contribution >= 0.6 is 11.8 Å². The smallest absolute Gasteiger partial charge is 0.303 e. The first-order chi connectivity index (χ1) is 18.4. The number of hydrogen-bond donors (Lipinski definition) is 3. The zero-order valence-electron chi connectivity index (χ0n) is 21.0. The van der Waals surface area contributed by atoms with Crippen molar-refractivity contribution in [1.29, 1.82) is 0 Å². The summed E-state index contributed by atoms with van der Waals surface area (Å²) in [6, 6.07) is 17.2. The fourth-order valence-corrected chi connectivity index (χ4v) is 5.09. The number of aliphatic carboxylic acids is 1.